The Balaban J connectivity index is 1.52. The Hall–Kier alpha value is -1.75. The van der Waals surface area contributed by atoms with E-state index in [9.17, 15) is 9.59 Å². The summed E-state index contributed by atoms with van der Waals surface area (Å²) in [6.45, 7) is 0.832. The van der Waals surface area contributed by atoms with Crippen molar-refractivity contribution in [2.45, 2.75) is 37.6 Å². The summed E-state index contributed by atoms with van der Waals surface area (Å²) in [4.78, 5) is 24.9. The third kappa shape index (κ3) is 3.78. The first kappa shape index (κ1) is 16.1. The van der Waals surface area contributed by atoms with E-state index < -0.39 is 11.9 Å². The molecule has 3 rings (SSSR count). The fraction of sp³-hybridized carbons (Fsp3) is 0.529. The average Bonchev–Trinajstić information content (AvgIpc) is 3.16. The van der Waals surface area contributed by atoms with Gasteiger partial charge < -0.3 is 15.3 Å². The summed E-state index contributed by atoms with van der Waals surface area (Å²) in [5, 5.41) is 12.8. The van der Waals surface area contributed by atoms with Crippen LogP contribution in [0.4, 0.5) is 4.79 Å². The van der Waals surface area contributed by atoms with Gasteiger partial charge in [0.15, 0.2) is 0 Å². The van der Waals surface area contributed by atoms with Crippen LogP contribution in [0.25, 0.3) is 0 Å². The minimum absolute atomic E-state index is 0.134. The van der Waals surface area contributed by atoms with Crippen LogP contribution in [0.3, 0.4) is 0 Å². The maximum absolute atomic E-state index is 12.3. The summed E-state index contributed by atoms with van der Waals surface area (Å²) in [5.41, 5.74) is 1.22. The highest BCUT2D eigenvalue weighted by Gasteiger charge is 2.33. The van der Waals surface area contributed by atoms with Crippen LogP contribution >= 0.6 is 11.6 Å². The molecule has 0 bridgehead atoms. The molecule has 23 heavy (non-hydrogen) atoms. The van der Waals surface area contributed by atoms with Crippen molar-refractivity contribution < 1.29 is 14.7 Å². The molecule has 0 radical (unpaired) electrons. The number of nitrogens with one attached hydrogen (secondary N) is 1. The Morgan fingerprint density at radius 3 is 2.78 bits per heavy atom. The van der Waals surface area contributed by atoms with E-state index in [0.29, 0.717) is 25.4 Å². The highest BCUT2D eigenvalue weighted by Crippen LogP contribution is 2.35. The van der Waals surface area contributed by atoms with Gasteiger partial charge in [0.25, 0.3) is 0 Å². The van der Waals surface area contributed by atoms with Crippen LogP contribution in [0, 0.1) is 5.92 Å². The number of amides is 2. The smallest absolute Gasteiger partial charge is 0.317 e. The predicted molar refractivity (Wildman–Crippen MR) is 87.7 cm³/mol. The Morgan fingerprint density at radius 2 is 2.09 bits per heavy atom. The molecule has 0 aromatic heterocycles. The zero-order chi connectivity index (χ0) is 16.4. The molecule has 124 valence electrons. The van der Waals surface area contributed by atoms with Gasteiger partial charge in [0, 0.05) is 24.2 Å². The lowest BCUT2D eigenvalue weighted by Gasteiger charge is -2.20. The standard InChI is InChI=1S/C17H21ClN2O3/c18-14-3-1-2-11(8-14)12-4-5-15(9-12)19-17(23)20-7-6-13(10-20)16(21)22/h1-3,8,12-13,15H,4-7,9-10H2,(H,19,23)(H,21,22). The highest BCUT2D eigenvalue weighted by molar-refractivity contribution is 6.30. The Kier molecular flexibility index (Phi) is 4.76. The first-order chi connectivity index (χ1) is 11.0. The number of carbonyl (C=O) groups is 2. The normalized spacial score (nSPS) is 27.2. The second kappa shape index (κ2) is 6.79. The number of aliphatic carboxylic acids is 1. The molecule has 1 aliphatic carbocycles. The van der Waals surface area contributed by atoms with Crippen molar-refractivity contribution in [3.8, 4) is 0 Å². The van der Waals surface area contributed by atoms with Crippen molar-refractivity contribution in [1.29, 1.82) is 0 Å². The van der Waals surface area contributed by atoms with Gasteiger partial charge in [0.1, 0.15) is 0 Å². The molecule has 3 unspecified atom stereocenters. The van der Waals surface area contributed by atoms with Gasteiger partial charge in [-0.05, 0) is 49.3 Å². The van der Waals surface area contributed by atoms with Gasteiger partial charge in [-0.1, -0.05) is 23.7 Å². The lowest BCUT2D eigenvalue weighted by atomic mass is 9.97. The fourth-order valence-electron chi connectivity index (χ4n) is 3.59. The van der Waals surface area contributed by atoms with Gasteiger partial charge in [0.05, 0.1) is 5.92 Å². The number of carboxylic acids is 1. The zero-order valence-electron chi connectivity index (χ0n) is 12.9. The first-order valence-corrected chi connectivity index (χ1v) is 8.44. The molecule has 1 saturated carbocycles. The van der Waals surface area contributed by atoms with Crippen LogP contribution in [0.5, 0.6) is 0 Å². The molecule has 1 aromatic rings. The van der Waals surface area contributed by atoms with Crippen molar-refractivity contribution in [3.05, 3.63) is 34.9 Å². The molecule has 1 saturated heterocycles. The molecule has 1 aliphatic heterocycles. The Bertz CT molecular complexity index is 607. The van der Waals surface area contributed by atoms with Gasteiger partial charge in [0.2, 0.25) is 0 Å². The molecule has 1 aromatic carbocycles. The minimum Gasteiger partial charge on any atom is -0.481 e. The van der Waals surface area contributed by atoms with Gasteiger partial charge in [-0.2, -0.15) is 0 Å². The van der Waals surface area contributed by atoms with Crippen LogP contribution in [-0.4, -0.2) is 41.1 Å². The molecule has 3 atom stereocenters. The molecule has 2 aliphatic rings. The number of likely N-dealkylation sites (tertiary alicyclic amines) is 1. The summed E-state index contributed by atoms with van der Waals surface area (Å²) >= 11 is 6.04. The number of benzene rings is 1. The SMILES string of the molecule is O=C(O)C1CCN(C(=O)NC2CCC(c3cccc(Cl)c3)C2)C1. The quantitative estimate of drug-likeness (QED) is 0.891. The topological polar surface area (TPSA) is 69.6 Å². The van der Waals surface area contributed by atoms with Crippen LogP contribution in [-0.2, 0) is 4.79 Å². The molecule has 0 spiro atoms. The van der Waals surface area contributed by atoms with E-state index in [2.05, 4.69) is 11.4 Å². The van der Waals surface area contributed by atoms with Crippen molar-refractivity contribution >= 4 is 23.6 Å². The van der Waals surface area contributed by atoms with Gasteiger partial charge in [-0.15, -0.1) is 0 Å². The van der Waals surface area contributed by atoms with Crippen LogP contribution in [0.1, 0.15) is 37.2 Å². The first-order valence-electron chi connectivity index (χ1n) is 8.06. The molecule has 1 heterocycles. The zero-order valence-corrected chi connectivity index (χ0v) is 13.6. The number of nitrogens with zero attached hydrogens (tertiary/aromatic N) is 1. The lowest BCUT2D eigenvalue weighted by Crippen LogP contribution is -2.43. The minimum atomic E-state index is -0.817. The summed E-state index contributed by atoms with van der Waals surface area (Å²) in [6.07, 6.45) is 3.42. The van der Waals surface area contributed by atoms with Crippen LogP contribution in [0.15, 0.2) is 24.3 Å². The number of hydrogen-bond donors (Lipinski definition) is 2. The van der Waals surface area contributed by atoms with E-state index in [1.807, 2.05) is 18.2 Å². The second-order valence-electron chi connectivity index (χ2n) is 6.48. The molecule has 2 fully saturated rings. The molecule has 6 heteroatoms. The van der Waals surface area contributed by atoms with Crippen molar-refractivity contribution in [2.24, 2.45) is 5.92 Å². The molecular formula is C17H21ClN2O3. The number of carboxylic acid groups (broad SMARTS) is 1. The number of hydrogen-bond acceptors (Lipinski definition) is 2. The monoisotopic (exact) mass is 336 g/mol. The predicted octanol–water partition coefficient (Wildman–Crippen LogP) is 3.09. The highest BCUT2D eigenvalue weighted by atomic mass is 35.5. The second-order valence-corrected chi connectivity index (χ2v) is 6.92. The molecule has 5 nitrogen and oxygen atoms in total. The summed E-state index contributed by atoms with van der Waals surface area (Å²) < 4.78 is 0. The van der Waals surface area contributed by atoms with Gasteiger partial charge >= 0.3 is 12.0 Å². The molecule has 2 N–H and O–H groups in total. The summed E-state index contributed by atoms with van der Waals surface area (Å²) in [5.74, 6) is -0.824. The van der Waals surface area contributed by atoms with Gasteiger partial charge in [-0.3, -0.25) is 4.79 Å². The number of rotatable bonds is 3. The van der Waals surface area contributed by atoms with E-state index in [1.165, 1.54) is 5.56 Å². The fourth-order valence-corrected chi connectivity index (χ4v) is 3.79. The average molecular weight is 337 g/mol. The largest absolute Gasteiger partial charge is 0.481 e. The van der Waals surface area contributed by atoms with Gasteiger partial charge in [-0.25, -0.2) is 4.79 Å². The number of halogens is 1. The number of carbonyl (C=O) groups excluding carboxylic acids is 1. The molecule has 2 amide bonds. The van der Waals surface area contributed by atoms with E-state index in [4.69, 9.17) is 16.7 Å². The Morgan fingerprint density at radius 1 is 1.26 bits per heavy atom. The van der Waals surface area contributed by atoms with E-state index >= 15 is 0 Å². The Labute approximate surface area is 140 Å². The maximum atomic E-state index is 12.3. The van der Waals surface area contributed by atoms with E-state index in [0.717, 1.165) is 24.3 Å². The van der Waals surface area contributed by atoms with E-state index in [1.54, 1.807) is 4.90 Å². The third-order valence-corrected chi connectivity index (χ3v) is 5.14. The molecular weight excluding hydrogens is 316 g/mol. The van der Waals surface area contributed by atoms with Crippen molar-refractivity contribution in [3.63, 3.8) is 0 Å². The third-order valence-electron chi connectivity index (χ3n) is 4.91. The van der Waals surface area contributed by atoms with Crippen LogP contribution in [0.2, 0.25) is 5.02 Å². The van der Waals surface area contributed by atoms with Crippen molar-refractivity contribution in [2.75, 3.05) is 13.1 Å². The number of urea groups is 1. The summed E-state index contributed by atoms with van der Waals surface area (Å²) in [6, 6.07) is 7.92. The van der Waals surface area contributed by atoms with E-state index in [-0.39, 0.29) is 12.1 Å². The lowest BCUT2D eigenvalue weighted by molar-refractivity contribution is -0.141. The maximum Gasteiger partial charge on any atom is 0.317 e. The van der Waals surface area contributed by atoms with Crippen LogP contribution < -0.4 is 5.32 Å². The summed E-state index contributed by atoms with van der Waals surface area (Å²) in [7, 11) is 0. The van der Waals surface area contributed by atoms with Crippen molar-refractivity contribution in [1.82, 2.24) is 10.2 Å².